The molecule has 26 heavy (non-hydrogen) atoms. The molecular weight excluding hydrogens is 326 g/mol. The molecule has 0 fully saturated rings. The number of likely N-dealkylation sites (N-methyl/N-ethyl adjacent to an activating group) is 1. The third kappa shape index (κ3) is 3.30. The van der Waals surface area contributed by atoms with E-state index in [4.69, 9.17) is 5.11 Å². The fourth-order valence-corrected chi connectivity index (χ4v) is 3.81. The predicted molar refractivity (Wildman–Crippen MR) is 103 cm³/mol. The van der Waals surface area contributed by atoms with E-state index in [0.717, 1.165) is 12.1 Å². The van der Waals surface area contributed by atoms with Crippen LogP contribution in [-0.2, 0) is 0 Å². The van der Waals surface area contributed by atoms with E-state index in [1.54, 1.807) is 0 Å². The molecule has 5 nitrogen and oxygen atoms in total. The highest BCUT2D eigenvalue weighted by molar-refractivity contribution is 5.86. The zero-order valence-corrected chi connectivity index (χ0v) is 16.2. The second kappa shape index (κ2) is 6.38. The Balaban J connectivity index is 1.90. The third-order valence-electron chi connectivity index (χ3n) is 5.75. The lowest BCUT2D eigenvalue weighted by atomic mass is 9.62. The first-order valence-corrected chi connectivity index (χ1v) is 9.03. The molecule has 0 bridgehead atoms. The SMILES string of the molecule is CN(C1=CCC2=C(C=C1)C(C)(C)CCC2(C)C)c1ncc(C(=O)O)cn1. The summed E-state index contributed by atoms with van der Waals surface area (Å²) < 4.78 is 0. The highest BCUT2D eigenvalue weighted by Gasteiger charge is 2.38. The number of hydrogen-bond donors (Lipinski definition) is 1. The van der Waals surface area contributed by atoms with Crippen molar-refractivity contribution in [2.45, 2.75) is 47.0 Å². The van der Waals surface area contributed by atoms with Gasteiger partial charge in [-0.15, -0.1) is 0 Å². The van der Waals surface area contributed by atoms with E-state index in [2.05, 4.69) is 55.9 Å². The van der Waals surface area contributed by atoms with Gasteiger partial charge in [-0.05, 0) is 41.7 Å². The van der Waals surface area contributed by atoms with Crippen LogP contribution >= 0.6 is 0 Å². The summed E-state index contributed by atoms with van der Waals surface area (Å²) >= 11 is 0. The number of aromatic carboxylic acids is 1. The molecule has 0 atom stereocenters. The van der Waals surface area contributed by atoms with E-state index in [1.807, 2.05) is 11.9 Å². The zero-order valence-electron chi connectivity index (χ0n) is 16.2. The number of carboxylic acid groups (broad SMARTS) is 1. The van der Waals surface area contributed by atoms with E-state index in [9.17, 15) is 4.79 Å². The maximum atomic E-state index is 11.0. The summed E-state index contributed by atoms with van der Waals surface area (Å²) in [6.07, 6.45) is 12.6. The van der Waals surface area contributed by atoms with Crippen molar-refractivity contribution in [1.29, 1.82) is 0 Å². The molecule has 1 N–H and O–H groups in total. The molecule has 1 aromatic rings. The van der Waals surface area contributed by atoms with Gasteiger partial charge in [0.2, 0.25) is 5.95 Å². The van der Waals surface area contributed by atoms with Gasteiger partial charge < -0.3 is 10.0 Å². The van der Waals surface area contributed by atoms with Crippen molar-refractivity contribution in [2.75, 3.05) is 11.9 Å². The minimum atomic E-state index is -1.02. The van der Waals surface area contributed by atoms with Crippen LogP contribution in [0.15, 0.2) is 47.5 Å². The van der Waals surface area contributed by atoms with E-state index in [1.165, 1.54) is 36.4 Å². The molecule has 0 aromatic carbocycles. The number of anilines is 1. The van der Waals surface area contributed by atoms with Gasteiger partial charge in [0.25, 0.3) is 0 Å². The van der Waals surface area contributed by atoms with Gasteiger partial charge in [-0.1, -0.05) is 45.4 Å². The molecule has 0 aliphatic heterocycles. The molecule has 0 saturated carbocycles. The molecule has 0 spiro atoms. The maximum absolute atomic E-state index is 11.0. The molecule has 2 aliphatic carbocycles. The summed E-state index contributed by atoms with van der Waals surface area (Å²) in [5.74, 6) is -0.529. The van der Waals surface area contributed by atoms with Crippen LogP contribution < -0.4 is 4.90 Å². The van der Waals surface area contributed by atoms with Crippen LogP contribution in [0.25, 0.3) is 0 Å². The standard InChI is InChI=1S/C21H27N3O2/c1-20(2)10-11-21(3,4)17-9-7-15(6-8-16(17)20)24(5)19-22-12-14(13-23-19)18(25)26/h6-8,12-13H,9-11H2,1-5H3,(H,25,26). The molecule has 0 amide bonds. The average Bonchev–Trinajstić information content (AvgIpc) is 2.83. The largest absolute Gasteiger partial charge is 0.478 e. The van der Waals surface area contributed by atoms with Crippen molar-refractivity contribution in [3.8, 4) is 0 Å². The number of aromatic nitrogens is 2. The molecule has 0 unspecified atom stereocenters. The number of hydrogen-bond acceptors (Lipinski definition) is 4. The van der Waals surface area contributed by atoms with Gasteiger partial charge in [0, 0.05) is 25.1 Å². The van der Waals surface area contributed by atoms with E-state index >= 15 is 0 Å². The highest BCUT2D eigenvalue weighted by Crippen LogP contribution is 2.51. The lowest BCUT2D eigenvalue weighted by Crippen LogP contribution is -2.30. The molecule has 2 aliphatic rings. The first-order chi connectivity index (χ1) is 12.1. The molecular formula is C21H27N3O2. The summed E-state index contributed by atoms with van der Waals surface area (Å²) in [5.41, 5.74) is 4.45. The smallest absolute Gasteiger partial charge is 0.338 e. The van der Waals surface area contributed by atoms with Crippen molar-refractivity contribution in [1.82, 2.24) is 9.97 Å². The van der Waals surface area contributed by atoms with Gasteiger partial charge in [-0.2, -0.15) is 0 Å². The fourth-order valence-electron chi connectivity index (χ4n) is 3.81. The highest BCUT2D eigenvalue weighted by atomic mass is 16.4. The minimum absolute atomic E-state index is 0.0909. The molecule has 5 heteroatoms. The Hall–Kier alpha value is -2.43. The van der Waals surface area contributed by atoms with Crippen LogP contribution in [0.1, 0.15) is 57.3 Å². The van der Waals surface area contributed by atoms with Crippen molar-refractivity contribution >= 4 is 11.9 Å². The van der Waals surface area contributed by atoms with Crippen LogP contribution in [0.2, 0.25) is 0 Å². The Bertz CT molecular complexity index is 814. The summed E-state index contributed by atoms with van der Waals surface area (Å²) in [6.45, 7) is 9.32. The third-order valence-corrected chi connectivity index (χ3v) is 5.75. The predicted octanol–water partition coefficient (Wildman–Crippen LogP) is 4.60. The average molecular weight is 353 g/mol. The van der Waals surface area contributed by atoms with Crippen molar-refractivity contribution in [2.24, 2.45) is 10.8 Å². The quantitative estimate of drug-likeness (QED) is 0.860. The topological polar surface area (TPSA) is 66.3 Å². The van der Waals surface area contributed by atoms with Gasteiger partial charge in [0.15, 0.2) is 0 Å². The number of nitrogens with zero attached hydrogens (tertiary/aromatic N) is 3. The molecule has 3 rings (SSSR count). The Morgan fingerprint density at radius 2 is 1.69 bits per heavy atom. The normalized spacial score (nSPS) is 20.9. The number of carbonyl (C=O) groups is 1. The number of rotatable bonds is 3. The van der Waals surface area contributed by atoms with Crippen LogP contribution in [0, 0.1) is 10.8 Å². The van der Waals surface area contributed by atoms with E-state index in [-0.39, 0.29) is 16.4 Å². The molecule has 1 aromatic heterocycles. The maximum Gasteiger partial charge on any atom is 0.338 e. The monoisotopic (exact) mass is 353 g/mol. The summed E-state index contributed by atoms with van der Waals surface area (Å²) in [5, 5.41) is 9.00. The zero-order chi connectivity index (χ0) is 19.1. The minimum Gasteiger partial charge on any atom is -0.478 e. The van der Waals surface area contributed by atoms with Crippen molar-refractivity contribution in [3.63, 3.8) is 0 Å². The number of carboxylic acids is 1. The van der Waals surface area contributed by atoms with Gasteiger partial charge >= 0.3 is 5.97 Å². The lowest BCUT2D eigenvalue weighted by molar-refractivity contribution is 0.0696. The van der Waals surface area contributed by atoms with Gasteiger partial charge in [0.05, 0.1) is 5.56 Å². The summed E-state index contributed by atoms with van der Waals surface area (Å²) in [7, 11) is 1.91. The van der Waals surface area contributed by atoms with Gasteiger partial charge in [-0.3, -0.25) is 0 Å². The van der Waals surface area contributed by atoms with Crippen molar-refractivity contribution in [3.05, 3.63) is 53.0 Å². The molecule has 0 radical (unpaired) electrons. The fraction of sp³-hybridized carbons (Fsp3) is 0.476. The first kappa shape index (κ1) is 18.4. The Kier molecular flexibility index (Phi) is 4.51. The molecule has 1 heterocycles. The second-order valence-electron chi connectivity index (χ2n) is 8.46. The second-order valence-corrected chi connectivity index (χ2v) is 8.46. The van der Waals surface area contributed by atoms with Crippen LogP contribution in [0.3, 0.4) is 0 Å². The first-order valence-electron chi connectivity index (χ1n) is 9.03. The lowest BCUT2D eigenvalue weighted by Gasteiger charge is -2.42. The molecule has 138 valence electrons. The van der Waals surface area contributed by atoms with Gasteiger partial charge in [-0.25, -0.2) is 14.8 Å². The summed E-state index contributed by atoms with van der Waals surface area (Å²) in [4.78, 5) is 21.3. The molecule has 0 saturated heterocycles. The van der Waals surface area contributed by atoms with Crippen LogP contribution in [0.4, 0.5) is 5.95 Å². The Labute approximate surface area is 155 Å². The Morgan fingerprint density at radius 1 is 1.08 bits per heavy atom. The van der Waals surface area contributed by atoms with Crippen LogP contribution in [-0.4, -0.2) is 28.1 Å². The van der Waals surface area contributed by atoms with E-state index in [0.29, 0.717) is 5.95 Å². The van der Waals surface area contributed by atoms with E-state index < -0.39 is 5.97 Å². The van der Waals surface area contributed by atoms with Gasteiger partial charge in [0.1, 0.15) is 0 Å². The number of allylic oxidation sites excluding steroid dienone is 5. The van der Waals surface area contributed by atoms with Crippen molar-refractivity contribution < 1.29 is 9.90 Å². The summed E-state index contributed by atoms with van der Waals surface area (Å²) in [6, 6.07) is 0. The van der Waals surface area contributed by atoms with Crippen LogP contribution in [0.5, 0.6) is 0 Å². The Morgan fingerprint density at radius 3 is 2.31 bits per heavy atom.